The van der Waals surface area contributed by atoms with Crippen molar-refractivity contribution in [3.63, 3.8) is 0 Å². The third-order valence-corrected chi connectivity index (χ3v) is 7.09. The fourth-order valence-electron chi connectivity index (χ4n) is 4.18. The molecule has 35 heavy (non-hydrogen) atoms. The van der Waals surface area contributed by atoms with Crippen molar-refractivity contribution in [2.45, 2.75) is 32.4 Å². The van der Waals surface area contributed by atoms with Crippen molar-refractivity contribution < 1.29 is 14.3 Å². The average molecular weight is 508 g/mol. The van der Waals surface area contributed by atoms with Crippen LogP contribution in [0.25, 0.3) is 5.69 Å². The number of hydrogen-bond acceptors (Lipinski definition) is 5. The van der Waals surface area contributed by atoms with Gasteiger partial charge in [0.2, 0.25) is 5.88 Å². The molecule has 3 heterocycles. The molecule has 8 heteroatoms. The van der Waals surface area contributed by atoms with Crippen LogP contribution in [0.5, 0.6) is 11.6 Å². The van der Waals surface area contributed by atoms with E-state index in [2.05, 4.69) is 0 Å². The average Bonchev–Trinajstić information content (AvgIpc) is 3.64. The van der Waals surface area contributed by atoms with Crippen molar-refractivity contribution in [2.75, 3.05) is 13.2 Å². The zero-order chi connectivity index (χ0) is 24.2. The smallest absolute Gasteiger partial charge is 0.264 e. The van der Waals surface area contributed by atoms with Gasteiger partial charge in [-0.3, -0.25) is 4.79 Å². The van der Waals surface area contributed by atoms with Crippen molar-refractivity contribution in [1.82, 2.24) is 14.7 Å². The highest BCUT2D eigenvalue weighted by atomic mass is 35.5. The molecule has 1 saturated heterocycles. The summed E-state index contributed by atoms with van der Waals surface area (Å²) in [6, 6.07) is 20.8. The van der Waals surface area contributed by atoms with Gasteiger partial charge in [-0.15, -0.1) is 11.3 Å². The van der Waals surface area contributed by atoms with Gasteiger partial charge in [0.25, 0.3) is 5.91 Å². The van der Waals surface area contributed by atoms with E-state index >= 15 is 0 Å². The number of carbonyl (C=O) groups excluding carboxylic acids is 1. The van der Waals surface area contributed by atoms with E-state index in [1.54, 1.807) is 4.68 Å². The fourth-order valence-corrected chi connectivity index (χ4v) is 5.00. The number of carbonyl (C=O) groups is 1. The molecule has 1 aliphatic heterocycles. The van der Waals surface area contributed by atoms with Crippen LogP contribution >= 0.6 is 22.9 Å². The number of aryl methyl sites for hydroxylation is 1. The quantitative estimate of drug-likeness (QED) is 0.273. The van der Waals surface area contributed by atoms with E-state index in [1.165, 1.54) is 11.3 Å². The van der Waals surface area contributed by atoms with Gasteiger partial charge in [-0.05, 0) is 67.6 Å². The Hall–Kier alpha value is -3.13. The normalized spacial score (nSPS) is 15.3. The molecule has 1 fully saturated rings. The summed E-state index contributed by atoms with van der Waals surface area (Å²) < 4.78 is 14.0. The number of nitrogens with zero attached hydrogens (tertiary/aromatic N) is 3. The largest absolute Gasteiger partial charge is 0.439 e. The van der Waals surface area contributed by atoms with Gasteiger partial charge >= 0.3 is 0 Å². The highest BCUT2D eigenvalue weighted by molar-refractivity contribution is 7.12. The number of amides is 1. The van der Waals surface area contributed by atoms with Crippen LogP contribution in [0.1, 0.15) is 33.8 Å². The number of aromatic nitrogens is 2. The molecule has 0 saturated carbocycles. The number of hydrogen-bond donors (Lipinski definition) is 0. The molecule has 0 N–H and O–H groups in total. The molecule has 1 atom stereocenters. The zero-order valence-corrected chi connectivity index (χ0v) is 21.0. The van der Waals surface area contributed by atoms with Crippen LogP contribution in [-0.2, 0) is 11.3 Å². The van der Waals surface area contributed by atoms with Crippen molar-refractivity contribution >= 4 is 28.8 Å². The van der Waals surface area contributed by atoms with E-state index in [1.807, 2.05) is 83.9 Å². The Morgan fingerprint density at radius 2 is 1.97 bits per heavy atom. The Kier molecular flexibility index (Phi) is 7.18. The number of ether oxygens (including phenoxy) is 2. The van der Waals surface area contributed by atoms with Crippen LogP contribution in [0.3, 0.4) is 0 Å². The standard InChI is InChI=1S/C27H26ClN3O3S/c1-19-24(18-30(17-23-9-5-15-33-23)26(32)25-10-6-16-35-25)27(34-22-7-3-2-4-8-22)31(29-19)21-13-11-20(28)12-14-21/h2-4,6-8,10-14,16,23H,5,9,15,17-18H2,1H3. The molecule has 0 spiro atoms. The summed E-state index contributed by atoms with van der Waals surface area (Å²) in [6.07, 6.45) is 2.00. The van der Waals surface area contributed by atoms with E-state index in [4.69, 9.17) is 26.2 Å². The Balaban J connectivity index is 1.54. The van der Waals surface area contributed by atoms with Gasteiger partial charge in [0.15, 0.2) is 0 Å². The molecule has 0 radical (unpaired) electrons. The number of halogens is 1. The molecular formula is C27H26ClN3O3S. The minimum atomic E-state index is -0.0141. The van der Waals surface area contributed by atoms with Crippen LogP contribution in [0.2, 0.25) is 5.02 Å². The molecule has 2 aromatic carbocycles. The van der Waals surface area contributed by atoms with Crippen LogP contribution in [-0.4, -0.2) is 39.8 Å². The second kappa shape index (κ2) is 10.6. The van der Waals surface area contributed by atoms with Crippen LogP contribution in [0.15, 0.2) is 72.1 Å². The number of thiophene rings is 1. The highest BCUT2D eigenvalue weighted by Gasteiger charge is 2.28. The lowest BCUT2D eigenvalue weighted by Crippen LogP contribution is -2.36. The Bertz CT molecular complexity index is 1270. The van der Waals surface area contributed by atoms with Gasteiger partial charge in [-0.1, -0.05) is 35.9 Å². The number of rotatable bonds is 8. The molecule has 180 valence electrons. The molecule has 4 aromatic rings. The van der Waals surface area contributed by atoms with Crippen LogP contribution < -0.4 is 4.74 Å². The molecule has 1 unspecified atom stereocenters. The molecule has 1 aliphatic rings. The first-order valence-electron chi connectivity index (χ1n) is 11.6. The maximum Gasteiger partial charge on any atom is 0.264 e. The summed E-state index contributed by atoms with van der Waals surface area (Å²) in [5.41, 5.74) is 2.47. The third kappa shape index (κ3) is 5.42. The summed E-state index contributed by atoms with van der Waals surface area (Å²) in [6.45, 7) is 3.56. The summed E-state index contributed by atoms with van der Waals surface area (Å²) >= 11 is 7.57. The van der Waals surface area contributed by atoms with Gasteiger partial charge in [-0.2, -0.15) is 5.10 Å². The van der Waals surface area contributed by atoms with Crippen molar-refractivity contribution in [3.8, 4) is 17.3 Å². The van der Waals surface area contributed by atoms with Gasteiger partial charge < -0.3 is 14.4 Å². The van der Waals surface area contributed by atoms with E-state index in [0.717, 1.165) is 36.4 Å². The fraction of sp³-hybridized carbons (Fsp3) is 0.259. The number of benzene rings is 2. The SMILES string of the molecule is Cc1nn(-c2ccc(Cl)cc2)c(Oc2ccccc2)c1CN(CC1CCCO1)C(=O)c1cccs1. The second-order valence-corrected chi connectivity index (χ2v) is 9.85. The third-order valence-electron chi connectivity index (χ3n) is 5.98. The van der Waals surface area contributed by atoms with Crippen molar-refractivity contribution in [2.24, 2.45) is 0 Å². The van der Waals surface area contributed by atoms with Gasteiger partial charge in [0.05, 0.1) is 34.5 Å². The summed E-state index contributed by atoms with van der Waals surface area (Å²) in [5, 5.41) is 7.36. The van der Waals surface area contributed by atoms with E-state index in [9.17, 15) is 4.79 Å². The van der Waals surface area contributed by atoms with Gasteiger partial charge in [0, 0.05) is 18.2 Å². The number of para-hydroxylation sites is 1. The molecule has 1 amide bonds. The Morgan fingerprint density at radius 1 is 1.17 bits per heavy atom. The van der Waals surface area contributed by atoms with Gasteiger partial charge in [-0.25, -0.2) is 4.68 Å². The lowest BCUT2D eigenvalue weighted by Gasteiger charge is -2.25. The summed E-state index contributed by atoms with van der Waals surface area (Å²) in [4.78, 5) is 16.1. The van der Waals surface area contributed by atoms with Gasteiger partial charge in [0.1, 0.15) is 5.75 Å². The topological polar surface area (TPSA) is 56.6 Å². The molecule has 0 aliphatic carbocycles. The minimum Gasteiger partial charge on any atom is -0.439 e. The maximum atomic E-state index is 13.5. The maximum absolute atomic E-state index is 13.5. The summed E-state index contributed by atoms with van der Waals surface area (Å²) in [7, 11) is 0. The first kappa shape index (κ1) is 23.6. The van der Waals surface area contributed by atoms with Crippen LogP contribution in [0, 0.1) is 6.92 Å². The van der Waals surface area contributed by atoms with E-state index in [-0.39, 0.29) is 12.0 Å². The van der Waals surface area contributed by atoms with E-state index < -0.39 is 0 Å². The molecule has 0 bridgehead atoms. The van der Waals surface area contributed by atoms with Crippen molar-refractivity contribution in [3.05, 3.63) is 93.3 Å². The summed E-state index contributed by atoms with van der Waals surface area (Å²) in [5.74, 6) is 1.26. The monoisotopic (exact) mass is 507 g/mol. The van der Waals surface area contributed by atoms with Crippen molar-refractivity contribution in [1.29, 1.82) is 0 Å². The first-order chi connectivity index (χ1) is 17.1. The zero-order valence-electron chi connectivity index (χ0n) is 19.4. The molecule has 2 aromatic heterocycles. The molecule has 5 rings (SSSR count). The molecular weight excluding hydrogens is 482 g/mol. The predicted molar refractivity (Wildman–Crippen MR) is 138 cm³/mol. The van der Waals surface area contributed by atoms with E-state index in [0.29, 0.717) is 34.6 Å². The Labute approximate surface area is 213 Å². The lowest BCUT2D eigenvalue weighted by molar-refractivity contribution is 0.0509. The Morgan fingerprint density at radius 3 is 2.66 bits per heavy atom. The lowest BCUT2D eigenvalue weighted by atomic mass is 10.2. The highest BCUT2D eigenvalue weighted by Crippen LogP contribution is 2.33. The predicted octanol–water partition coefficient (Wildman–Crippen LogP) is 6.51. The molecule has 6 nitrogen and oxygen atoms in total. The second-order valence-electron chi connectivity index (χ2n) is 8.47. The van der Waals surface area contributed by atoms with Crippen LogP contribution in [0.4, 0.5) is 0 Å². The first-order valence-corrected chi connectivity index (χ1v) is 12.9. The minimum absolute atomic E-state index is 0.0141.